The van der Waals surface area contributed by atoms with Gasteiger partial charge in [0, 0.05) is 31.9 Å². The highest BCUT2D eigenvalue weighted by atomic mass is 32.2. The third-order valence-electron chi connectivity index (χ3n) is 5.90. The molecule has 7 nitrogen and oxygen atoms in total. The van der Waals surface area contributed by atoms with E-state index in [9.17, 15) is 13.2 Å². The van der Waals surface area contributed by atoms with Crippen LogP contribution in [0.2, 0.25) is 0 Å². The number of aryl methyl sites for hydroxylation is 2. The van der Waals surface area contributed by atoms with Crippen LogP contribution in [0.4, 0.5) is 0 Å². The van der Waals surface area contributed by atoms with Gasteiger partial charge in [0.15, 0.2) is 0 Å². The van der Waals surface area contributed by atoms with E-state index in [-0.39, 0.29) is 19.0 Å². The molecule has 1 aromatic carbocycles. The monoisotopic (exact) mass is 432 g/mol. The van der Waals surface area contributed by atoms with E-state index in [4.69, 9.17) is 0 Å². The molecule has 0 bridgehead atoms. The first-order chi connectivity index (χ1) is 14.0. The van der Waals surface area contributed by atoms with E-state index in [0.717, 1.165) is 34.4 Å². The topological polar surface area (TPSA) is 86.4 Å². The molecule has 1 aromatic heterocycles. The number of benzene rings is 1. The van der Waals surface area contributed by atoms with Gasteiger partial charge in [-0.05, 0) is 68.4 Å². The van der Waals surface area contributed by atoms with Gasteiger partial charge < -0.3 is 4.90 Å². The quantitative estimate of drug-likeness (QED) is 0.787. The molecular weight excluding hydrogens is 400 g/mol. The maximum Gasteiger partial charge on any atom is 0.274 e. The summed E-state index contributed by atoms with van der Waals surface area (Å²) in [7, 11) is -3.62. The van der Waals surface area contributed by atoms with E-state index in [1.54, 1.807) is 11.0 Å². The average molecular weight is 433 g/mol. The Morgan fingerprint density at radius 2 is 1.60 bits per heavy atom. The van der Waals surface area contributed by atoms with Crippen LogP contribution in [-0.4, -0.2) is 59.9 Å². The van der Waals surface area contributed by atoms with Crippen LogP contribution in [0.3, 0.4) is 0 Å². The summed E-state index contributed by atoms with van der Waals surface area (Å²) in [4.78, 5) is 14.9. The van der Waals surface area contributed by atoms with Crippen LogP contribution in [0.15, 0.2) is 17.0 Å². The molecule has 1 amide bonds. The van der Waals surface area contributed by atoms with Gasteiger partial charge in [-0.2, -0.15) is 9.40 Å². The number of nitrogens with zero attached hydrogens (tertiary/aromatic N) is 3. The summed E-state index contributed by atoms with van der Waals surface area (Å²) in [5.74, 6) is 0.316. The highest BCUT2D eigenvalue weighted by Gasteiger charge is 2.33. The Balaban J connectivity index is 1.74. The van der Waals surface area contributed by atoms with E-state index in [1.165, 1.54) is 4.31 Å². The molecule has 8 heteroatoms. The summed E-state index contributed by atoms with van der Waals surface area (Å²) in [6.07, 6.45) is 0.834. The van der Waals surface area contributed by atoms with Crippen molar-refractivity contribution in [2.24, 2.45) is 5.92 Å². The van der Waals surface area contributed by atoms with Crippen molar-refractivity contribution >= 4 is 15.9 Å². The molecule has 0 atom stereocenters. The summed E-state index contributed by atoms with van der Waals surface area (Å²) in [6, 6.07) is 3.82. The molecule has 2 aromatic rings. The molecule has 164 valence electrons. The van der Waals surface area contributed by atoms with Gasteiger partial charge in [0.25, 0.3) is 5.91 Å². The number of carbonyl (C=O) groups is 1. The number of hydrogen-bond donors (Lipinski definition) is 1. The third kappa shape index (κ3) is 4.30. The second-order valence-electron chi connectivity index (χ2n) is 8.66. The lowest BCUT2D eigenvalue weighted by Crippen LogP contribution is -2.50. The lowest BCUT2D eigenvalue weighted by atomic mass is 10.0. The minimum absolute atomic E-state index is 0.155. The Kier molecular flexibility index (Phi) is 6.38. The van der Waals surface area contributed by atoms with Gasteiger partial charge in [0.1, 0.15) is 5.69 Å². The number of H-pyrrole nitrogens is 1. The van der Waals surface area contributed by atoms with Crippen molar-refractivity contribution in [2.45, 2.75) is 52.9 Å². The Morgan fingerprint density at radius 1 is 1.03 bits per heavy atom. The molecule has 3 rings (SSSR count). The van der Waals surface area contributed by atoms with Crippen molar-refractivity contribution in [3.63, 3.8) is 0 Å². The Morgan fingerprint density at radius 3 is 2.13 bits per heavy atom. The fraction of sp³-hybridized carbons (Fsp3) is 0.545. The number of carbonyl (C=O) groups excluding carboxylic acids is 1. The molecular formula is C22H32N4O3S. The van der Waals surface area contributed by atoms with Crippen LogP contribution in [0.25, 0.3) is 0 Å². The maximum absolute atomic E-state index is 13.4. The zero-order valence-corrected chi connectivity index (χ0v) is 19.6. The molecule has 0 saturated carbocycles. The number of rotatable bonds is 5. The molecule has 2 heterocycles. The average Bonchev–Trinajstić information content (AvgIpc) is 3.13. The zero-order valence-electron chi connectivity index (χ0n) is 18.7. The summed E-state index contributed by atoms with van der Waals surface area (Å²) in [5.41, 5.74) is 4.87. The van der Waals surface area contributed by atoms with Gasteiger partial charge in [-0.15, -0.1) is 0 Å². The van der Waals surface area contributed by atoms with E-state index in [2.05, 4.69) is 24.0 Å². The van der Waals surface area contributed by atoms with E-state index >= 15 is 0 Å². The van der Waals surface area contributed by atoms with Crippen molar-refractivity contribution < 1.29 is 13.2 Å². The van der Waals surface area contributed by atoms with Crippen LogP contribution in [0.5, 0.6) is 0 Å². The van der Waals surface area contributed by atoms with Gasteiger partial charge in [-0.3, -0.25) is 9.89 Å². The number of aromatic amines is 1. The number of nitrogens with one attached hydrogen (secondary N) is 1. The number of sulfonamides is 1. The van der Waals surface area contributed by atoms with Crippen molar-refractivity contribution in [2.75, 3.05) is 26.2 Å². The molecule has 1 saturated heterocycles. The highest BCUT2D eigenvalue weighted by molar-refractivity contribution is 7.89. The first-order valence-corrected chi connectivity index (χ1v) is 11.9. The van der Waals surface area contributed by atoms with Crippen LogP contribution in [0.1, 0.15) is 52.3 Å². The predicted octanol–water partition coefficient (Wildman–Crippen LogP) is 2.99. The van der Waals surface area contributed by atoms with Crippen molar-refractivity contribution in [1.29, 1.82) is 0 Å². The van der Waals surface area contributed by atoms with Gasteiger partial charge in [-0.1, -0.05) is 19.9 Å². The molecule has 0 radical (unpaired) electrons. The molecule has 1 N–H and O–H groups in total. The first kappa shape index (κ1) is 22.5. The smallest absolute Gasteiger partial charge is 0.274 e. The van der Waals surface area contributed by atoms with E-state index in [0.29, 0.717) is 29.6 Å². The standard InChI is InChI=1S/C22H32N4O3S/c1-14(2)11-19-13-20(24-23-19)22(27)25-7-9-26(10-8-25)30(28,29)21-17(5)15(3)12-16(4)18(21)6/h12-14H,7-11H2,1-6H3,(H,23,24). The molecule has 30 heavy (non-hydrogen) atoms. The Labute approximate surface area is 179 Å². The Hall–Kier alpha value is -2.19. The largest absolute Gasteiger partial charge is 0.335 e. The molecule has 0 aliphatic carbocycles. The summed E-state index contributed by atoms with van der Waals surface area (Å²) in [5, 5.41) is 7.09. The Bertz CT molecular complexity index is 1020. The van der Waals surface area contributed by atoms with Crippen molar-refractivity contribution in [1.82, 2.24) is 19.4 Å². The lowest BCUT2D eigenvalue weighted by Gasteiger charge is -2.34. The normalized spacial score (nSPS) is 15.8. The molecule has 1 aliphatic heterocycles. The number of piperazine rings is 1. The van der Waals surface area contributed by atoms with Gasteiger partial charge in [-0.25, -0.2) is 8.42 Å². The van der Waals surface area contributed by atoms with Crippen molar-refractivity contribution in [3.05, 3.63) is 45.8 Å². The fourth-order valence-electron chi connectivity index (χ4n) is 4.01. The van der Waals surface area contributed by atoms with Crippen LogP contribution < -0.4 is 0 Å². The molecule has 0 unspecified atom stereocenters. The second-order valence-corrected chi connectivity index (χ2v) is 10.5. The number of aromatic nitrogens is 2. The second kappa shape index (κ2) is 8.51. The summed E-state index contributed by atoms with van der Waals surface area (Å²) in [6.45, 7) is 13.1. The van der Waals surface area contributed by atoms with Gasteiger partial charge in [0.2, 0.25) is 10.0 Å². The zero-order chi connectivity index (χ0) is 22.2. The lowest BCUT2D eigenvalue weighted by molar-refractivity contribution is 0.0692. The van der Waals surface area contributed by atoms with Crippen LogP contribution in [0, 0.1) is 33.6 Å². The van der Waals surface area contributed by atoms with Crippen molar-refractivity contribution in [3.8, 4) is 0 Å². The predicted molar refractivity (Wildman–Crippen MR) is 117 cm³/mol. The number of hydrogen-bond acceptors (Lipinski definition) is 4. The van der Waals surface area contributed by atoms with Crippen LogP contribution >= 0.6 is 0 Å². The first-order valence-electron chi connectivity index (χ1n) is 10.4. The molecule has 1 aliphatic rings. The SMILES string of the molecule is Cc1cc(C)c(C)c(S(=O)(=O)N2CCN(C(=O)c3cc(CC(C)C)[nH]n3)CC2)c1C. The summed E-state index contributed by atoms with van der Waals surface area (Å²) >= 11 is 0. The molecule has 0 spiro atoms. The fourth-order valence-corrected chi connectivity index (χ4v) is 6.00. The minimum Gasteiger partial charge on any atom is -0.335 e. The minimum atomic E-state index is -3.62. The van der Waals surface area contributed by atoms with Gasteiger partial charge in [0.05, 0.1) is 4.90 Å². The summed E-state index contributed by atoms with van der Waals surface area (Å²) < 4.78 is 28.3. The van der Waals surface area contributed by atoms with E-state index < -0.39 is 10.0 Å². The van der Waals surface area contributed by atoms with Crippen LogP contribution in [-0.2, 0) is 16.4 Å². The molecule has 1 fully saturated rings. The van der Waals surface area contributed by atoms with E-state index in [1.807, 2.05) is 33.8 Å². The highest BCUT2D eigenvalue weighted by Crippen LogP contribution is 2.29. The number of amides is 1. The third-order valence-corrected chi connectivity index (χ3v) is 8.07. The van der Waals surface area contributed by atoms with Gasteiger partial charge >= 0.3 is 0 Å². The maximum atomic E-state index is 13.4.